The quantitative estimate of drug-likeness (QED) is 0.574. The van der Waals surface area contributed by atoms with Crippen molar-refractivity contribution in [3.63, 3.8) is 0 Å². The minimum absolute atomic E-state index is 0.0556. The van der Waals surface area contributed by atoms with E-state index in [0.717, 1.165) is 0 Å². The molecule has 1 unspecified atom stereocenters. The van der Waals surface area contributed by atoms with Gasteiger partial charge in [-0.15, -0.1) is 0 Å². The molecule has 8 heteroatoms. The fourth-order valence-electron chi connectivity index (χ4n) is 1.44. The zero-order valence-corrected chi connectivity index (χ0v) is 8.95. The normalized spacial score (nSPS) is 12.3. The molecule has 0 bridgehead atoms. The fourth-order valence-corrected chi connectivity index (χ4v) is 1.44. The Bertz CT molecular complexity index is 407. The largest absolute Gasteiger partial charge is 0.481 e. The number of halogens is 1. The first-order valence-electron chi connectivity index (χ1n) is 4.98. The van der Waals surface area contributed by atoms with Crippen molar-refractivity contribution in [2.75, 3.05) is 6.67 Å². The average molecular weight is 244 g/mol. The summed E-state index contributed by atoms with van der Waals surface area (Å²) >= 11 is 0. The van der Waals surface area contributed by atoms with Gasteiger partial charge in [-0.25, -0.2) is 4.57 Å². The third-order valence-corrected chi connectivity index (χ3v) is 2.30. The van der Waals surface area contributed by atoms with Crippen LogP contribution in [0.3, 0.4) is 0 Å². The minimum atomic E-state index is -1.01. The van der Waals surface area contributed by atoms with Crippen molar-refractivity contribution in [1.29, 1.82) is 0 Å². The molecule has 0 aliphatic heterocycles. The van der Waals surface area contributed by atoms with E-state index < -0.39 is 23.5 Å². The number of carboxylic acid groups (broad SMARTS) is 1. The number of imidazole rings is 1. The number of alkyl halides is 1. The van der Waals surface area contributed by atoms with Gasteiger partial charge in [-0.3, -0.25) is 9.18 Å². The van der Waals surface area contributed by atoms with Gasteiger partial charge in [0.1, 0.15) is 12.4 Å². The molecule has 0 saturated carbocycles. The minimum Gasteiger partial charge on any atom is -0.481 e. The summed E-state index contributed by atoms with van der Waals surface area (Å²) in [6.45, 7) is -0.664. The molecule has 0 spiro atoms. The van der Waals surface area contributed by atoms with Gasteiger partial charge in [0.2, 0.25) is 0 Å². The van der Waals surface area contributed by atoms with E-state index in [1.54, 1.807) is 0 Å². The van der Waals surface area contributed by atoms with Gasteiger partial charge in [0.15, 0.2) is 0 Å². The summed E-state index contributed by atoms with van der Waals surface area (Å²) in [6, 6.07) is 0. The van der Waals surface area contributed by atoms with Gasteiger partial charge >= 0.3 is 11.9 Å². The highest BCUT2D eigenvalue weighted by Gasteiger charge is 2.19. The van der Waals surface area contributed by atoms with Gasteiger partial charge in [0.25, 0.3) is 0 Å². The van der Waals surface area contributed by atoms with Crippen LogP contribution in [-0.2, 0) is 11.3 Å². The van der Waals surface area contributed by atoms with E-state index in [4.69, 9.17) is 5.11 Å². The van der Waals surface area contributed by atoms with Gasteiger partial charge < -0.3 is 15.2 Å². The highest BCUT2D eigenvalue weighted by molar-refractivity contribution is 5.66. The second-order valence-electron chi connectivity index (χ2n) is 3.59. The Hall–Kier alpha value is -1.99. The third kappa shape index (κ3) is 3.82. The second kappa shape index (κ2) is 5.92. The van der Waals surface area contributed by atoms with Crippen LogP contribution in [0.25, 0.3) is 0 Å². The second-order valence-corrected chi connectivity index (χ2v) is 3.59. The summed E-state index contributed by atoms with van der Waals surface area (Å²) < 4.78 is 13.9. The lowest BCUT2D eigenvalue weighted by Crippen LogP contribution is -2.15. The van der Waals surface area contributed by atoms with Crippen molar-refractivity contribution in [2.45, 2.75) is 19.4 Å². The molecule has 1 heterocycles. The lowest BCUT2D eigenvalue weighted by Gasteiger charge is -2.10. The van der Waals surface area contributed by atoms with E-state index in [0.29, 0.717) is 0 Å². The Morgan fingerprint density at radius 2 is 2.41 bits per heavy atom. The summed E-state index contributed by atoms with van der Waals surface area (Å²) in [5.41, 5.74) is 0. The molecule has 0 amide bonds. The number of carboxylic acids is 1. The first kappa shape index (κ1) is 13.1. The fraction of sp³-hybridized carbons (Fsp3) is 0.556. The lowest BCUT2D eigenvalue weighted by atomic mass is 10.0. The molecule has 1 atom stereocenters. The highest BCUT2D eigenvalue weighted by Crippen LogP contribution is 2.15. The maximum absolute atomic E-state index is 12.6. The molecule has 0 radical (unpaired) electrons. The Labute approximate surface area is 96.0 Å². The van der Waals surface area contributed by atoms with Crippen LogP contribution in [0.4, 0.5) is 10.3 Å². The number of carbonyl (C=O) groups is 1. The van der Waals surface area contributed by atoms with Gasteiger partial charge in [-0.1, -0.05) is 4.98 Å². The number of rotatable bonds is 7. The number of aromatic nitrogens is 2. The van der Waals surface area contributed by atoms with Gasteiger partial charge in [-0.2, -0.15) is 0 Å². The van der Waals surface area contributed by atoms with Crippen molar-refractivity contribution in [2.24, 2.45) is 5.92 Å². The van der Waals surface area contributed by atoms with E-state index in [9.17, 15) is 19.3 Å². The molecule has 1 N–H and O–H groups in total. The SMILES string of the molecule is O=C(O)CCC(C[18F])Cn1ccnc1[N+](=O)[O-]. The van der Waals surface area contributed by atoms with E-state index >= 15 is 0 Å². The zero-order chi connectivity index (χ0) is 12.8. The zero-order valence-electron chi connectivity index (χ0n) is 8.95. The number of aliphatic carboxylic acids is 1. The first-order valence-corrected chi connectivity index (χ1v) is 4.98. The van der Waals surface area contributed by atoms with Crippen LogP contribution in [0, 0.1) is 16.0 Å². The summed E-state index contributed by atoms with van der Waals surface area (Å²) in [7, 11) is 0. The molecule has 94 valence electrons. The predicted octanol–water partition coefficient (Wildman–Crippen LogP) is 1.24. The van der Waals surface area contributed by atoms with Crippen molar-refractivity contribution < 1.29 is 19.2 Å². The first-order chi connectivity index (χ1) is 8.04. The average Bonchev–Trinajstić information content (AvgIpc) is 2.71. The maximum Gasteiger partial charge on any atom is 0.434 e. The van der Waals surface area contributed by atoms with Crippen LogP contribution in [0.1, 0.15) is 12.8 Å². The van der Waals surface area contributed by atoms with Crippen LogP contribution in [0.2, 0.25) is 0 Å². The predicted molar refractivity (Wildman–Crippen MR) is 55.2 cm³/mol. The molecule has 0 aromatic carbocycles. The van der Waals surface area contributed by atoms with Crippen LogP contribution in [-0.4, -0.2) is 32.2 Å². The van der Waals surface area contributed by atoms with E-state index in [1.807, 2.05) is 0 Å². The Morgan fingerprint density at radius 3 is 2.94 bits per heavy atom. The molecule has 1 aromatic heterocycles. The summed E-state index contributed by atoms with van der Waals surface area (Å²) in [6.07, 6.45) is 2.62. The Balaban J connectivity index is 2.63. The summed E-state index contributed by atoms with van der Waals surface area (Å²) in [4.78, 5) is 23.8. The Morgan fingerprint density at radius 1 is 1.71 bits per heavy atom. The number of hydrogen-bond donors (Lipinski definition) is 1. The van der Waals surface area contributed by atoms with Crippen molar-refractivity contribution >= 4 is 11.9 Å². The smallest absolute Gasteiger partial charge is 0.434 e. The monoisotopic (exact) mass is 244 g/mol. The van der Waals surface area contributed by atoms with E-state index in [1.165, 1.54) is 17.0 Å². The van der Waals surface area contributed by atoms with Gasteiger partial charge in [0, 0.05) is 12.3 Å². The van der Waals surface area contributed by atoms with Crippen LogP contribution >= 0.6 is 0 Å². The van der Waals surface area contributed by atoms with Crippen LogP contribution < -0.4 is 0 Å². The topological polar surface area (TPSA) is 98.3 Å². The van der Waals surface area contributed by atoms with Crippen molar-refractivity contribution in [3.05, 3.63) is 22.5 Å². The molecule has 0 saturated heterocycles. The van der Waals surface area contributed by atoms with Crippen LogP contribution in [0.15, 0.2) is 12.4 Å². The number of nitro groups is 1. The lowest BCUT2D eigenvalue weighted by molar-refractivity contribution is -0.396. The molecule has 1 aromatic rings. The number of hydrogen-bond acceptors (Lipinski definition) is 4. The third-order valence-electron chi connectivity index (χ3n) is 2.30. The summed E-state index contributed by atoms with van der Waals surface area (Å²) in [5, 5.41) is 19.0. The molecule has 1 rings (SSSR count). The van der Waals surface area contributed by atoms with Crippen LogP contribution in [0.5, 0.6) is 0 Å². The van der Waals surface area contributed by atoms with Gasteiger partial charge in [0.05, 0.1) is 13.2 Å². The molecule has 0 aliphatic carbocycles. The molecule has 0 aliphatic rings. The molecular weight excluding hydrogens is 232 g/mol. The van der Waals surface area contributed by atoms with Gasteiger partial charge in [-0.05, 0) is 11.3 Å². The van der Waals surface area contributed by atoms with Crippen molar-refractivity contribution in [1.82, 2.24) is 9.55 Å². The molecule has 0 fully saturated rings. The molecule has 17 heavy (non-hydrogen) atoms. The van der Waals surface area contributed by atoms with E-state index in [-0.39, 0.29) is 25.3 Å². The standard InChI is InChI=1S/C9H12FN3O4/c10-5-7(1-2-8(14)15)6-12-4-3-11-9(12)13(16)17/h3-4,7H,1-2,5-6H2,(H,14,15)/i10-1. The highest BCUT2D eigenvalue weighted by atomic mass is 18.2. The number of nitrogens with zero attached hydrogens (tertiary/aromatic N) is 3. The summed E-state index contributed by atoms with van der Waals surface area (Å²) in [5.74, 6) is -1.93. The Kier molecular flexibility index (Phi) is 4.56. The molecule has 7 nitrogen and oxygen atoms in total. The van der Waals surface area contributed by atoms with Crippen molar-refractivity contribution in [3.8, 4) is 0 Å². The maximum atomic E-state index is 12.6. The van der Waals surface area contributed by atoms with E-state index in [2.05, 4.69) is 4.98 Å². The molecular formula is C9H12FN3O4.